The Labute approximate surface area is 90.4 Å². The molecule has 3 nitrogen and oxygen atoms in total. The van der Waals surface area contributed by atoms with Gasteiger partial charge in [0.15, 0.2) is 0 Å². The van der Waals surface area contributed by atoms with E-state index >= 15 is 0 Å². The third-order valence-corrected chi connectivity index (χ3v) is 3.03. The molecule has 0 fully saturated rings. The number of rotatable bonds is 0. The van der Waals surface area contributed by atoms with E-state index in [2.05, 4.69) is 27.7 Å². The molecule has 0 atom stereocenters. The highest BCUT2D eigenvalue weighted by atomic mass is 16.5. The van der Waals surface area contributed by atoms with E-state index < -0.39 is 0 Å². The monoisotopic (exact) mass is 206 g/mol. The van der Waals surface area contributed by atoms with Crippen LogP contribution in [-0.4, -0.2) is 0 Å². The number of fused-ring (bicyclic) bond motifs is 1. The number of hydrogen-bond donors (Lipinski definition) is 2. The quantitative estimate of drug-likeness (QED) is 0.640. The summed E-state index contributed by atoms with van der Waals surface area (Å²) in [5.74, 6) is 0. The van der Waals surface area contributed by atoms with E-state index in [1.807, 2.05) is 12.1 Å². The Hall–Kier alpha value is -1.22. The molecular formula is C12H18N2O. The second kappa shape index (κ2) is 2.67. The molecule has 1 aromatic carbocycles. The van der Waals surface area contributed by atoms with Crippen molar-refractivity contribution in [2.45, 2.75) is 38.9 Å². The van der Waals surface area contributed by atoms with Gasteiger partial charge in [-0.1, -0.05) is 0 Å². The van der Waals surface area contributed by atoms with Crippen molar-refractivity contribution in [3.8, 4) is 0 Å². The summed E-state index contributed by atoms with van der Waals surface area (Å²) in [7, 11) is 0. The van der Waals surface area contributed by atoms with Gasteiger partial charge in [0.05, 0.1) is 22.6 Å². The molecule has 3 heteroatoms. The van der Waals surface area contributed by atoms with Gasteiger partial charge in [-0.2, -0.15) is 0 Å². The number of hydrogen-bond acceptors (Lipinski definition) is 3. The third kappa shape index (κ3) is 1.38. The fraction of sp³-hybridized carbons (Fsp3) is 0.500. The molecule has 0 saturated heterocycles. The lowest BCUT2D eigenvalue weighted by atomic mass is 9.89. The maximum atomic E-state index is 6.01. The molecule has 1 heterocycles. The minimum Gasteiger partial charge on any atom is -0.397 e. The van der Waals surface area contributed by atoms with Crippen molar-refractivity contribution in [3.05, 3.63) is 23.3 Å². The van der Waals surface area contributed by atoms with E-state index in [1.54, 1.807) is 0 Å². The highest BCUT2D eigenvalue weighted by Gasteiger charge is 2.43. The van der Waals surface area contributed by atoms with Gasteiger partial charge in [-0.05, 0) is 51.0 Å². The van der Waals surface area contributed by atoms with E-state index in [0.29, 0.717) is 11.4 Å². The molecule has 0 amide bonds. The summed E-state index contributed by atoms with van der Waals surface area (Å²) in [4.78, 5) is 0. The van der Waals surface area contributed by atoms with Gasteiger partial charge in [-0.15, -0.1) is 0 Å². The van der Waals surface area contributed by atoms with Crippen LogP contribution in [0, 0.1) is 0 Å². The molecule has 0 aromatic heterocycles. The van der Waals surface area contributed by atoms with Crippen molar-refractivity contribution in [1.82, 2.24) is 0 Å². The topological polar surface area (TPSA) is 61.3 Å². The van der Waals surface area contributed by atoms with Gasteiger partial charge in [0, 0.05) is 0 Å². The average molecular weight is 206 g/mol. The molecule has 0 unspecified atom stereocenters. The van der Waals surface area contributed by atoms with E-state index in [0.717, 1.165) is 11.1 Å². The van der Waals surface area contributed by atoms with E-state index in [1.165, 1.54) is 0 Å². The van der Waals surface area contributed by atoms with Crippen LogP contribution in [0.25, 0.3) is 0 Å². The fourth-order valence-electron chi connectivity index (χ4n) is 2.38. The van der Waals surface area contributed by atoms with Crippen LogP contribution in [0.15, 0.2) is 12.1 Å². The van der Waals surface area contributed by atoms with E-state index in [-0.39, 0.29) is 11.2 Å². The molecular weight excluding hydrogens is 188 g/mol. The van der Waals surface area contributed by atoms with Crippen LogP contribution in [0.4, 0.5) is 11.4 Å². The van der Waals surface area contributed by atoms with Crippen molar-refractivity contribution in [2.75, 3.05) is 11.5 Å². The van der Waals surface area contributed by atoms with Crippen molar-refractivity contribution in [1.29, 1.82) is 0 Å². The van der Waals surface area contributed by atoms with Gasteiger partial charge in [-0.25, -0.2) is 0 Å². The summed E-state index contributed by atoms with van der Waals surface area (Å²) >= 11 is 0. The molecule has 0 spiro atoms. The summed E-state index contributed by atoms with van der Waals surface area (Å²) in [5, 5.41) is 0. The Kier molecular flexibility index (Phi) is 1.83. The molecule has 15 heavy (non-hydrogen) atoms. The molecule has 1 aromatic rings. The first-order valence-electron chi connectivity index (χ1n) is 5.14. The molecule has 4 N–H and O–H groups in total. The lowest BCUT2D eigenvalue weighted by molar-refractivity contribution is -0.105. The number of ether oxygens (including phenoxy) is 1. The lowest BCUT2D eigenvalue weighted by Gasteiger charge is -2.24. The summed E-state index contributed by atoms with van der Waals surface area (Å²) in [5.41, 5.74) is 14.6. The van der Waals surface area contributed by atoms with E-state index in [4.69, 9.17) is 16.2 Å². The molecule has 0 radical (unpaired) electrons. The van der Waals surface area contributed by atoms with Crippen LogP contribution < -0.4 is 11.5 Å². The Balaban J connectivity index is 2.71. The Morgan fingerprint density at radius 1 is 0.867 bits per heavy atom. The zero-order valence-corrected chi connectivity index (χ0v) is 9.72. The standard InChI is InChI=1S/C12H18N2O/c1-11(2)7-5-9(13)10(14)6-8(7)12(3,4)15-11/h5-6H,13-14H2,1-4H3. The highest BCUT2D eigenvalue weighted by molar-refractivity contribution is 5.68. The predicted octanol–water partition coefficient (Wildman–Crippen LogP) is 2.35. The summed E-state index contributed by atoms with van der Waals surface area (Å²) in [6.07, 6.45) is 0. The third-order valence-electron chi connectivity index (χ3n) is 3.03. The first-order chi connectivity index (χ1) is 6.74. The summed E-state index contributed by atoms with van der Waals surface area (Å²) < 4.78 is 6.01. The van der Waals surface area contributed by atoms with Gasteiger partial charge in [0.2, 0.25) is 0 Å². The fourth-order valence-corrected chi connectivity index (χ4v) is 2.38. The van der Waals surface area contributed by atoms with Gasteiger partial charge in [0.25, 0.3) is 0 Å². The number of nitrogens with two attached hydrogens (primary N) is 2. The Morgan fingerprint density at radius 2 is 1.20 bits per heavy atom. The molecule has 0 aliphatic carbocycles. The Morgan fingerprint density at radius 3 is 1.53 bits per heavy atom. The summed E-state index contributed by atoms with van der Waals surface area (Å²) in [6, 6.07) is 3.86. The van der Waals surface area contributed by atoms with Gasteiger partial charge in [0.1, 0.15) is 0 Å². The van der Waals surface area contributed by atoms with Crippen molar-refractivity contribution >= 4 is 11.4 Å². The molecule has 1 aliphatic rings. The van der Waals surface area contributed by atoms with Gasteiger partial charge >= 0.3 is 0 Å². The SMILES string of the molecule is CC1(C)OC(C)(C)c2cc(N)c(N)cc21. The van der Waals surface area contributed by atoms with Crippen LogP contribution >= 0.6 is 0 Å². The normalized spacial score (nSPS) is 21.3. The first kappa shape index (κ1) is 10.3. The second-order valence-corrected chi connectivity index (χ2v) is 5.15. The smallest absolute Gasteiger partial charge is 0.0891 e. The minimum absolute atomic E-state index is 0.291. The summed E-state index contributed by atoms with van der Waals surface area (Å²) in [6.45, 7) is 8.21. The van der Waals surface area contributed by atoms with Gasteiger partial charge in [-0.3, -0.25) is 0 Å². The molecule has 0 saturated carbocycles. The zero-order valence-electron chi connectivity index (χ0n) is 9.72. The molecule has 1 aliphatic heterocycles. The van der Waals surface area contributed by atoms with Crippen molar-refractivity contribution in [2.24, 2.45) is 0 Å². The van der Waals surface area contributed by atoms with Crippen LogP contribution in [-0.2, 0) is 15.9 Å². The number of nitrogen functional groups attached to an aromatic ring is 2. The average Bonchev–Trinajstić information content (AvgIpc) is 2.21. The van der Waals surface area contributed by atoms with Crippen molar-refractivity contribution < 1.29 is 4.74 Å². The van der Waals surface area contributed by atoms with Crippen LogP contribution in [0.2, 0.25) is 0 Å². The highest BCUT2D eigenvalue weighted by Crippen LogP contribution is 2.48. The maximum absolute atomic E-state index is 6.01. The van der Waals surface area contributed by atoms with Crippen LogP contribution in [0.5, 0.6) is 0 Å². The zero-order chi connectivity index (χ0) is 11.4. The largest absolute Gasteiger partial charge is 0.397 e. The van der Waals surface area contributed by atoms with Crippen molar-refractivity contribution in [3.63, 3.8) is 0 Å². The predicted molar refractivity (Wildman–Crippen MR) is 62.4 cm³/mol. The number of anilines is 2. The molecule has 0 bridgehead atoms. The first-order valence-corrected chi connectivity index (χ1v) is 5.14. The van der Waals surface area contributed by atoms with E-state index in [9.17, 15) is 0 Å². The van der Waals surface area contributed by atoms with Crippen LogP contribution in [0.1, 0.15) is 38.8 Å². The number of benzene rings is 1. The maximum Gasteiger partial charge on any atom is 0.0891 e. The minimum atomic E-state index is -0.291. The van der Waals surface area contributed by atoms with Gasteiger partial charge < -0.3 is 16.2 Å². The molecule has 2 rings (SSSR count). The lowest BCUT2D eigenvalue weighted by Crippen LogP contribution is -2.22. The molecule has 82 valence electrons. The van der Waals surface area contributed by atoms with Crippen LogP contribution in [0.3, 0.4) is 0 Å². The Bertz CT molecular complexity index is 383. The second-order valence-electron chi connectivity index (χ2n) is 5.15.